The first-order valence-electron chi connectivity index (χ1n) is 5.47. The molecule has 0 bridgehead atoms. The summed E-state index contributed by atoms with van der Waals surface area (Å²) in [5, 5.41) is 1.12. The molecule has 1 aromatic carbocycles. The molecule has 0 aliphatic heterocycles. The number of pyridine rings is 1. The molecule has 0 amide bonds. The molecule has 0 spiro atoms. The molecule has 17 heavy (non-hydrogen) atoms. The lowest BCUT2D eigenvalue weighted by Crippen LogP contribution is -1.95. The molecule has 0 fully saturated rings. The molecule has 2 N–H and O–H groups in total. The maximum absolute atomic E-state index is 5.62. The van der Waals surface area contributed by atoms with Crippen molar-refractivity contribution in [1.82, 2.24) is 9.38 Å². The van der Waals surface area contributed by atoms with Gasteiger partial charge in [0.2, 0.25) is 0 Å². The lowest BCUT2D eigenvalue weighted by atomic mass is 10.2. The van der Waals surface area contributed by atoms with Crippen molar-refractivity contribution in [2.24, 2.45) is 5.73 Å². The SMILES string of the molecule is COc1cccc2ccc3nc(CN)cn3c12. The summed E-state index contributed by atoms with van der Waals surface area (Å²) in [6.07, 6.45) is 1.96. The molecule has 0 unspecified atom stereocenters. The smallest absolute Gasteiger partial charge is 0.143 e. The van der Waals surface area contributed by atoms with Gasteiger partial charge in [-0.15, -0.1) is 0 Å². The Morgan fingerprint density at radius 2 is 2.18 bits per heavy atom. The van der Waals surface area contributed by atoms with Gasteiger partial charge in [-0.3, -0.25) is 4.40 Å². The molecule has 4 heteroatoms. The Morgan fingerprint density at radius 1 is 1.29 bits per heavy atom. The van der Waals surface area contributed by atoms with E-state index < -0.39 is 0 Å². The van der Waals surface area contributed by atoms with Crippen molar-refractivity contribution < 1.29 is 4.74 Å². The van der Waals surface area contributed by atoms with Gasteiger partial charge >= 0.3 is 0 Å². The van der Waals surface area contributed by atoms with Crippen molar-refractivity contribution in [2.75, 3.05) is 7.11 Å². The predicted octanol–water partition coefficient (Wildman–Crippen LogP) is 1.95. The largest absolute Gasteiger partial charge is 0.495 e. The van der Waals surface area contributed by atoms with Gasteiger partial charge in [-0.05, 0) is 18.2 Å². The first-order chi connectivity index (χ1) is 8.33. The van der Waals surface area contributed by atoms with Crippen LogP contribution in [0.4, 0.5) is 0 Å². The van der Waals surface area contributed by atoms with E-state index in [1.54, 1.807) is 7.11 Å². The van der Waals surface area contributed by atoms with Crippen LogP contribution in [-0.4, -0.2) is 16.5 Å². The van der Waals surface area contributed by atoms with Crippen LogP contribution in [0.3, 0.4) is 0 Å². The fourth-order valence-corrected chi connectivity index (χ4v) is 2.10. The monoisotopic (exact) mass is 227 g/mol. The Balaban J connectivity index is 2.47. The summed E-state index contributed by atoms with van der Waals surface area (Å²) in [5.74, 6) is 0.842. The minimum absolute atomic E-state index is 0.443. The third kappa shape index (κ3) is 1.45. The molecule has 4 nitrogen and oxygen atoms in total. The summed E-state index contributed by atoms with van der Waals surface area (Å²) in [5.41, 5.74) is 8.42. The topological polar surface area (TPSA) is 52.5 Å². The second kappa shape index (κ2) is 3.75. The zero-order valence-corrected chi connectivity index (χ0v) is 9.55. The zero-order valence-electron chi connectivity index (χ0n) is 9.55. The molecule has 86 valence electrons. The van der Waals surface area contributed by atoms with Crippen LogP contribution in [0.25, 0.3) is 16.6 Å². The first-order valence-corrected chi connectivity index (χ1v) is 5.47. The van der Waals surface area contributed by atoms with Gasteiger partial charge in [0, 0.05) is 18.1 Å². The molecule has 0 saturated heterocycles. The fraction of sp³-hybridized carbons (Fsp3) is 0.154. The molecule has 2 aromatic heterocycles. The van der Waals surface area contributed by atoms with Gasteiger partial charge < -0.3 is 10.5 Å². The van der Waals surface area contributed by atoms with E-state index in [0.29, 0.717) is 6.54 Å². The number of rotatable bonds is 2. The average Bonchev–Trinajstić information content (AvgIpc) is 2.81. The number of nitrogens with two attached hydrogens (primary N) is 1. The second-order valence-electron chi connectivity index (χ2n) is 3.90. The Morgan fingerprint density at radius 3 is 2.94 bits per heavy atom. The summed E-state index contributed by atoms with van der Waals surface area (Å²) in [6.45, 7) is 0.443. The normalized spacial score (nSPS) is 11.2. The average molecular weight is 227 g/mol. The van der Waals surface area contributed by atoms with Crippen molar-refractivity contribution in [3.05, 3.63) is 42.2 Å². The number of aromatic nitrogens is 2. The number of methoxy groups -OCH3 is 1. The van der Waals surface area contributed by atoms with Crippen molar-refractivity contribution in [2.45, 2.75) is 6.54 Å². The van der Waals surface area contributed by atoms with Gasteiger partial charge in [0.15, 0.2) is 0 Å². The number of hydrogen-bond donors (Lipinski definition) is 1. The Bertz CT molecular complexity index is 688. The summed E-state index contributed by atoms with van der Waals surface area (Å²) >= 11 is 0. The van der Waals surface area contributed by atoms with Crippen molar-refractivity contribution in [1.29, 1.82) is 0 Å². The lowest BCUT2D eigenvalue weighted by Gasteiger charge is -2.07. The highest BCUT2D eigenvalue weighted by Gasteiger charge is 2.07. The highest BCUT2D eigenvalue weighted by Crippen LogP contribution is 2.26. The standard InChI is InChI=1S/C13H13N3O/c1-17-11-4-2-3-9-5-6-12-15-10(7-14)8-16(12)13(9)11/h2-6,8H,7,14H2,1H3. The number of hydrogen-bond acceptors (Lipinski definition) is 3. The Hall–Kier alpha value is -2.07. The van der Waals surface area contributed by atoms with Crippen LogP contribution in [0.15, 0.2) is 36.5 Å². The fourth-order valence-electron chi connectivity index (χ4n) is 2.10. The molecular formula is C13H13N3O. The second-order valence-corrected chi connectivity index (χ2v) is 3.90. The maximum atomic E-state index is 5.62. The van der Waals surface area contributed by atoms with Crippen LogP contribution in [-0.2, 0) is 6.54 Å². The summed E-state index contributed by atoms with van der Waals surface area (Å²) in [6, 6.07) is 10.0. The zero-order chi connectivity index (χ0) is 11.8. The molecule has 2 heterocycles. The summed E-state index contributed by atoms with van der Waals surface area (Å²) < 4.78 is 7.42. The summed E-state index contributed by atoms with van der Waals surface area (Å²) in [7, 11) is 1.67. The summed E-state index contributed by atoms with van der Waals surface area (Å²) in [4.78, 5) is 4.44. The predicted molar refractivity (Wildman–Crippen MR) is 67.1 cm³/mol. The molecule has 0 aliphatic rings. The van der Waals surface area contributed by atoms with E-state index in [2.05, 4.69) is 11.1 Å². The van der Waals surface area contributed by atoms with E-state index in [4.69, 9.17) is 10.5 Å². The quantitative estimate of drug-likeness (QED) is 0.728. The van der Waals surface area contributed by atoms with E-state index in [9.17, 15) is 0 Å². The Labute approximate surface area is 98.6 Å². The van der Waals surface area contributed by atoms with Crippen molar-refractivity contribution in [3.8, 4) is 5.75 Å². The lowest BCUT2D eigenvalue weighted by molar-refractivity contribution is 0.418. The van der Waals surface area contributed by atoms with Gasteiger partial charge in [0.25, 0.3) is 0 Å². The van der Waals surface area contributed by atoms with Gasteiger partial charge in [-0.1, -0.05) is 12.1 Å². The van der Waals surface area contributed by atoms with Crippen molar-refractivity contribution in [3.63, 3.8) is 0 Å². The molecule has 3 aromatic rings. The molecule has 0 aliphatic carbocycles. The number of nitrogens with zero attached hydrogens (tertiary/aromatic N) is 2. The van der Waals surface area contributed by atoms with Gasteiger partial charge in [-0.25, -0.2) is 4.98 Å². The van der Waals surface area contributed by atoms with Crippen LogP contribution in [0.5, 0.6) is 5.75 Å². The Kier molecular flexibility index (Phi) is 2.23. The van der Waals surface area contributed by atoms with Crippen LogP contribution >= 0.6 is 0 Å². The minimum Gasteiger partial charge on any atom is -0.495 e. The number of benzene rings is 1. The molecular weight excluding hydrogens is 214 g/mol. The number of para-hydroxylation sites is 1. The highest BCUT2D eigenvalue weighted by molar-refractivity contribution is 5.87. The van der Waals surface area contributed by atoms with Crippen LogP contribution in [0, 0.1) is 0 Å². The van der Waals surface area contributed by atoms with Gasteiger partial charge in [-0.2, -0.15) is 0 Å². The molecule has 0 radical (unpaired) electrons. The van der Waals surface area contributed by atoms with Gasteiger partial charge in [0.1, 0.15) is 11.4 Å². The van der Waals surface area contributed by atoms with Crippen molar-refractivity contribution >= 4 is 16.6 Å². The minimum atomic E-state index is 0.443. The van der Waals surface area contributed by atoms with E-state index in [1.165, 1.54) is 0 Å². The van der Waals surface area contributed by atoms with E-state index in [-0.39, 0.29) is 0 Å². The van der Waals surface area contributed by atoms with E-state index in [0.717, 1.165) is 28.0 Å². The number of fused-ring (bicyclic) bond motifs is 3. The number of imidazole rings is 1. The van der Waals surface area contributed by atoms with E-state index in [1.807, 2.05) is 34.9 Å². The third-order valence-corrected chi connectivity index (χ3v) is 2.90. The molecule has 3 rings (SSSR count). The molecule has 0 saturated carbocycles. The third-order valence-electron chi connectivity index (χ3n) is 2.90. The van der Waals surface area contributed by atoms with Crippen LogP contribution in [0.1, 0.15) is 5.69 Å². The van der Waals surface area contributed by atoms with Crippen LogP contribution in [0.2, 0.25) is 0 Å². The van der Waals surface area contributed by atoms with E-state index >= 15 is 0 Å². The maximum Gasteiger partial charge on any atom is 0.143 e. The van der Waals surface area contributed by atoms with Crippen LogP contribution < -0.4 is 10.5 Å². The first kappa shape index (κ1) is 10.1. The highest BCUT2D eigenvalue weighted by atomic mass is 16.5. The van der Waals surface area contributed by atoms with Gasteiger partial charge in [0.05, 0.1) is 18.3 Å². The number of ether oxygens (including phenoxy) is 1. The molecule has 0 atom stereocenters.